The van der Waals surface area contributed by atoms with Crippen LogP contribution in [0.2, 0.25) is 0 Å². The molecule has 3 N–H and O–H groups in total. The number of nitrogens with two attached hydrogens (primary N) is 1. The van der Waals surface area contributed by atoms with E-state index in [1.54, 1.807) is 21.1 Å². The molecule has 2 atom stereocenters. The zero-order valence-corrected chi connectivity index (χ0v) is 12.5. The number of methoxy groups -OCH3 is 2. The molecule has 5 heteroatoms. The lowest BCUT2D eigenvalue weighted by Gasteiger charge is -2.26. The average Bonchev–Trinajstić information content (AvgIpc) is 2.43. The molecule has 1 rings (SSSR count). The summed E-state index contributed by atoms with van der Waals surface area (Å²) in [7, 11) is 3.16. The minimum Gasteiger partial charge on any atom is -0.493 e. The van der Waals surface area contributed by atoms with Gasteiger partial charge in [0.15, 0.2) is 11.5 Å². The molecule has 0 aliphatic carbocycles. The molecule has 0 spiro atoms. The van der Waals surface area contributed by atoms with Gasteiger partial charge in [0.2, 0.25) is 0 Å². The van der Waals surface area contributed by atoms with Crippen LogP contribution in [0.5, 0.6) is 11.5 Å². The van der Waals surface area contributed by atoms with Crippen LogP contribution in [-0.4, -0.2) is 30.8 Å². The predicted molar refractivity (Wildman–Crippen MR) is 77.4 cm³/mol. The van der Waals surface area contributed by atoms with E-state index >= 15 is 0 Å². The van der Waals surface area contributed by atoms with Crippen LogP contribution in [0.4, 0.5) is 0 Å². The van der Waals surface area contributed by atoms with Crippen molar-refractivity contribution in [1.82, 2.24) is 0 Å². The number of carboxylic acids is 1. The number of benzene rings is 1. The maximum atomic E-state index is 11.2. The normalized spacial score (nSPS) is 15.2. The minimum atomic E-state index is -1.24. The number of hydrogen-bond acceptors (Lipinski definition) is 4. The van der Waals surface area contributed by atoms with Crippen molar-refractivity contribution in [1.29, 1.82) is 0 Å². The second-order valence-electron chi connectivity index (χ2n) is 5.15. The highest BCUT2D eigenvalue weighted by Crippen LogP contribution is 2.34. The summed E-state index contributed by atoms with van der Waals surface area (Å²) in [5.41, 5.74) is 5.61. The minimum absolute atomic E-state index is 0.0564. The van der Waals surface area contributed by atoms with Crippen LogP contribution in [0.15, 0.2) is 18.2 Å². The van der Waals surface area contributed by atoms with E-state index in [2.05, 4.69) is 0 Å². The monoisotopic (exact) mass is 281 g/mol. The summed E-state index contributed by atoms with van der Waals surface area (Å²) in [6.45, 7) is 3.55. The highest BCUT2D eigenvalue weighted by Gasteiger charge is 2.31. The van der Waals surface area contributed by atoms with Gasteiger partial charge in [-0.25, -0.2) is 0 Å². The van der Waals surface area contributed by atoms with Crippen LogP contribution in [-0.2, 0) is 4.79 Å². The molecule has 0 amide bonds. The van der Waals surface area contributed by atoms with E-state index < -0.39 is 11.5 Å². The predicted octanol–water partition coefficient (Wildman–Crippen LogP) is 2.39. The number of rotatable bonds is 7. The van der Waals surface area contributed by atoms with E-state index in [9.17, 15) is 4.79 Å². The summed E-state index contributed by atoms with van der Waals surface area (Å²) < 4.78 is 10.5. The Hall–Kier alpha value is -1.75. The van der Waals surface area contributed by atoms with E-state index in [0.29, 0.717) is 17.9 Å². The van der Waals surface area contributed by atoms with Crippen molar-refractivity contribution in [3.8, 4) is 11.5 Å². The van der Waals surface area contributed by atoms with Crippen LogP contribution in [0.1, 0.15) is 38.2 Å². The molecule has 5 nitrogen and oxygen atoms in total. The van der Waals surface area contributed by atoms with Crippen LogP contribution in [0.3, 0.4) is 0 Å². The van der Waals surface area contributed by atoms with E-state index in [0.717, 1.165) is 12.0 Å². The first-order valence-corrected chi connectivity index (χ1v) is 6.60. The number of carboxylic acid groups (broad SMARTS) is 1. The summed E-state index contributed by atoms with van der Waals surface area (Å²) in [5.74, 6) is 0.356. The van der Waals surface area contributed by atoms with Gasteiger partial charge in [0.05, 0.1) is 14.2 Å². The molecule has 0 aliphatic heterocycles. The zero-order valence-electron chi connectivity index (χ0n) is 12.5. The molecule has 0 aromatic heterocycles. The standard InChI is InChI=1S/C15H23NO4/c1-5-10(9-15(2,16)14(17)18)11-6-7-12(19-3)13(8-11)20-4/h6-8,10H,5,9,16H2,1-4H3,(H,17,18). The second-order valence-corrected chi connectivity index (χ2v) is 5.15. The van der Waals surface area contributed by atoms with Crippen molar-refractivity contribution in [2.24, 2.45) is 5.73 Å². The lowest BCUT2D eigenvalue weighted by Crippen LogP contribution is -2.45. The third kappa shape index (κ3) is 3.63. The Balaban J connectivity index is 3.04. The lowest BCUT2D eigenvalue weighted by atomic mass is 9.83. The van der Waals surface area contributed by atoms with E-state index in [-0.39, 0.29) is 5.92 Å². The molecule has 1 aromatic carbocycles. The summed E-state index contributed by atoms with van der Waals surface area (Å²) in [5, 5.41) is 9.15. The fraction of sp³-hybridized carbons (Fsp3) is 0.533. The van der Waals surface area contributed by atoms with Crippen molar-refractivity contribution in [3.05, 3.63) is 23.8 Å². The molecule has 0 fully saturated rings. The Morgan fingerprint density at radius 3 is 2.40 bits per heavy atom. The van der Waals surface area contributed by atoms with Crippen molar-refractivity contribution < 1.29 is 19.4 Å². The van der Waals surface area contributed by atoms with Crippen molar-refractivity contribution in [2.75, 3.05) is 14.2 Å². The summed E-state index contributed by atoms with van der Waals surface area (Å²) in [6, 6.07) is 5.63. The van der Waals surface area contributed by atoms with Gasteiger partial charge in [0, 0.05) is 0 Å². The molecular weight excluding hydrogens is 258 g/mol. The SMILES string of the molecule is CCC(CC(C)(N)C(=O)O)c1ccc(OC)c(OC)c1. The smallest absolute Gasteiger partial charge is 0.323 e. The maximum absolute atomic E-state index is 11.2. The molecule has 1 aromatic rings. The molecule has 0 saturated heterocycles. The van der Waals surface area contributed by atoms with Crippen LogP contribution in [0, 0.1) is 0 Å². The molecule has 20 heavy (non-hydrogen) atoms. The highest BCUT2D eigenvalue weighted by molar-refractivity contribution is 5.77. The maximum Gasteiger partial charge on any atom is 0.323 e. The second kappa shape index (κ2) is 6.61. The van der Waals surface area contributed by atoms with Gasteiger partial charge in [-0.05, 0) is 43.4 Å². The van der Waals surface area contributed by atoms with Gasteiger partial charge < -0.3 is 20.3 Å². The quantitative estimate of drug-likeness (QED) is 0.802. The number of hydrogen-bond donors (Lipinski definition) is 2. The first-order valence-electron chi connectivity index (χ1n) is 6.60. The van der Waals surface area contributed by atoms with Crippen molar-refractivity contribution in [3.63, 3.8) is 0 Å². The first-order chi connectivity index (χ1) is 9.35. The van der Waals surface area contributed by atoms with Gasteiger partial charge in [0.25, 0.3) is 0 Å². The van der Waals surface area contributed by atoms with Crippen molar-refractivity contribution in [2.45, 2.75) is 38.1 Å². The summed E-state index contributed by atoms with van der Waals surface area (Å²) in [6.07, 6.45) is 1.17. The molecule has 112 valence electrons. The van der Waals surface area contributed by atoms with Gasteiger partial charge in [-0.3, -0.25) is 4.79 Å². The fourth-order valence-electron chi connectivity index (χ4n) is 2.20. The van der Waals surface area contributed by atoms with E-state index in [4.69, 9.17) is 20.3 Å². The number of ether oxygens (including phenoxy) is 2. The third-order valence-electron chi connectivity index (χ3n) is 3.53. The Bertz CT molecular complexity index is 471. The van der Waals surface area contributed by atoms with Crippen LogP contribution < -0.4 is 15.2 Å². The number of aliphatic carboxylic acids is 1. The van der Waals surface area contributed by atoms with Crippen LogP contribution >= 0.6 is 0 Å². The van der Waals surface area contributed by atoms with Gasteiger partial charge in [0.1, 0.15) is 5.54 Å². The topological polar surface area (TPSA) is 81.8 Å². The highest BCUT2D eigenvalue weighted by atomic mass is 16.5. The van der Waals surface area contributed by atoms with E-state index in [1.807, 2.05) is 25.1 Å². The third-order valence-corrected chi connectivity index (χ3v) is 3.53. The fourth-order valence-corrected chi connectivity index (χ4v) is 2.20. The molecule has 0 radical (unpaired) electrons. The Kier molecular flexibility index (Phi) is 5.39. The largest absolute Gasteiger partial charge is 0.493 e. The molecule has 0 bridgehead atoms. The Morgan fingerprint density at radius 2 is 1.95 bits per heavy atom. The van der Waals surface area contributed by atoms with E-state index in [1.165, 1.54) is 0 Å². The van der Waals surface area contributed by atoms with Gasteiger partial charge in [-0.1, -0.05) is 13.0 Å². The molecule has 0 aliphatic rings. The molecule has 0 heterocycles. The number of carbonyl (C=O) groups is 1. The molecule has 0 saturated carbocycles. The van der Waals surface area contributed by atoms with Gasteiger partial charge >= 0.3 is 5.97 Å². The summed E-state index contributed by atoms with van der Waals surface area (Å²) >= 11 is 0. The van der Waals surface area contributed by atoms with Gasteiger partial charge in [-0.2, -0.15) is 0 Å². The molecule has 2 unspecified atom stereocenters. The first kappa shape index (κ1) is 16.3. The Morgan fingerprint density at radius 1 is 1.35 bits per heavy atom. The van der Waals surface area contributed by atoms with Crippen molar-refractivity contribution >= 4 is 5.97 Å². The lowest BCUT2D eigenvalue weighted by molar-refractivity contribution is -0.143. The summed E-state index contributed by atoms with van der Waals surface area (Å²) in [4.78, 5) is 11.2. The van der Waals surface area contributed by atoms with Crippen LogP contribution in [0.25, 0.3) is 0 Å². The average molecular weight is 281 g/mol. The molecular formula is C15H23NO4. The Labute approximate surface area is 119 Å². The van der Waals surface area contributed by atoms with Gasteiger partial charge in [-0.15, -0.1) is 0 Å². The zero-order chi connectivity index (χ0) is 15.3.